The van der Waals surface area contributed by atoms with Gasteiger partial charge in [0.25, 0.3) is 0 Å². The molecule has 22 heavy (non-hydrogen) atoms. The average Bonchev–Trinajstić information content (AvgIpc) is 2.48. The third-order valence-electron chi connectivity index (χ3n) is 3.66. The lowest BCUT2D eigenvalue weighted by atomic mass is 9.80. The van der Waals surface area contributed by atoms with Crippen molar-refractivity contribution < 1.29 is 23.7 Å². The van der Waals surface area contributed by atoms with E-state index in [4.69, 9.17) is 18.9 Å². The van der Waals surface area contributed by atoms with Gasteiger partial charge in [-0.25, -0.2) is 4.79 Å². The first-order valence-electron chi connectivity index (χ1n) is 6.66. The number of hydrogen-bond donors (Lipinski definition) is 1. The van der Waals surface area contributed by atoms with Crippen LogP contribution >= 0.6 is 12.4 Å². The summed E-state index contributed by atoms with van der Waals surface area (Å²) in [5.74, 6) is 1.64. The van der Waals surface area contributed by atoms with Crippen LogP contribution in [-0.4, -0.2) is 34.0 Å². The van der Waals surface area contributed by atoms with E-state index in [9.17, 15) is 4.79 Å². The Morgan fingerprint density at radius 3 is 2.32 bits per heavy atom. The minimum Gasteiger partial charge on any atom is -0.493 e. The van der Waals surface area contributed by atoms with Gasteiger partial charge in [-0.1, -0.05) is 13.8 Å². The minimum absolute atomic E-state index is 0. The van der Waals surface area contributed by atoms with Crippen LogP contribution in [0.4, 0.5) is 4.79 Å². The fraction of sp³-hybridized carbons (Fsp3) is 0.533. The molecule has 0 bridgehead atoms. The molecule has 6 nitrogen and oxygen atoms in total. The predicted octanol–water partition coefficient (Wildman–Crippen LogP) is 2.94. The van der Waals surface area contributed by atoms with Crippen molar-refractivity contribution in [3.8, 4) is 17.2 Å². The molecule has 1 saturated heterocycles. The number of methoxy groups -OCH3 is 3. The number of amides is 1. The maximum Gasteiger partial charge on any atom is 0.407 e. The van der Waals surface area contributed by atoms with Gasteiger partial charge in [-0.05, 0) is 12.1 Å². The summed E-state index contributed by atoms with van der Waals surface area (Å²) >= 11 is 0. The zero-order chi connectivity index (χ0) is 15.6. The minimum atomic E-state index is -0.434. The molecule has 1 N–H and O–H groups in total. The quantitative estimate of drug-likeness (QED) is 0.918. The van der Waals surface area contributed by atoms with E-state index in [1.165, 1.54) is 0 Å². The van der Waals surface area contributed by atoms with Gasteiger partial charge in [0.15, 0.2) is 11.5 Å². The van der Waals surface area contributed by atoms with Gasteiger partial charge in [0.05, 0.1) is 27.4 Å². The number of hydrogen-bond acceptors (Lipinski definition) is 5. The molecule has 124 valence electrons. The molecule has 0 aromatic heterocycles. The van der Waals surface area contributed by atoms with Crippen molar-refractivity contribution in [1.82, 2.24) is 5.32 Å². The monoisotopic (exact) mass is 331 g/mol. The van der Waals surface area contributed by atoms with Crippen LogP contribution in [0.25, 0.3) is 0 Å². The molecule has 1 fully saturated rings. The standard InChI is InChI=1S/C15H21NO5.ClH/c1-15(2)8-21-14(17)16-13(15)9-6-7-10(18-3)12(20-5)11(9)19-4;/h6-7,13H,8H2,1-5H3,(H,16,17);1H/t13-;/m1./s1. The van der Waals surface area contributed by atoms with Gasteiger partial charge in [-0.2, -0.15) is 0 Å². The summed E-state index contributed by atoms with van der Waals surface area (Å²) in [5.41, 5.74) is 0.553. The Balaban J connectivity index is 0.00000242. The second-order valence-electron chi connectivity index (χ2n) is 5.57. The highest BCUT2D eigenvalue weighted by Gasteiger charge is 2.40. The largest absolute Gasteiger partial charge is 0.493 e. The van der Waals surface area contributed by atoms with Crippen molar-refractivity contribution in [3.05, 3.63) is 17.7 Å². The van der Waals surface area contributed by atoms with E-state index in [0.29, 0.717) is 23.9 Å². The van der Waals surface area contributed by atoms with Crippen LogP contribution in [0.3, 0.4) is 0 Å². The third kappa shape index (κ3) is 3.16. The Bertz CT molecular complexity index is 547. The Kier molecular flexibility index (Phi) is 5.77. The average molecular weight is 332 g/mol. The number of carbonyl (C=O) groups is 1. The molecule has 1 amide bonds. The first kappa shape index (κ1) is 18.2. The number of cyclic esters (lactones) is 1. The van der Waals surface area contributed by atoms with E-state index < -0.39 is 6.09 Å². The van der Waals surface area contributed by atoms with Gasteiger partial charge in [-0.3, -0.25) is 0 Å². The van der Waals surface area contributed by atoms with Crippen molar-refractivity contribution in [1.29, 1.82) is 0 Å². The molecule has 2 rings (SSSR count). The number of ether oxygens (including phenoxy) is 4. The van der Waals surface area contributed by atoms with Gasteiger partial charge in [-0.15, -0.1) is 12.4 Å². The molecule has 7 heteroatoms. The van der Waals surface area contributed by atoms with Crippen molar-refractivity contribution in [3.63, 3.8) is 0 Å². The maximum absolute atomic E-state index is 11.6. The summed E-state index contributed by atoms with van der Waals surface area (Å²) < 4.78 is 21.2. The fourth-order valence-electron chi connectivity index (χ4n) is 2.54. The summed E-state index contributed by atoms with van der Waals surface area (Å²) in [7, 11) is 4.68. The number of alkyl carbamates (subject to hydrolysis) is 1. The zero-order valence-electron chi connectivity index (χ0n) is 13.4. The molecule has 1 atom stereocenters. The second-order valence-corrected chi connectivity index (χ2v) is 5.57. The van der Waals surface area contributed by atoms with Crippen LogP contribution < -0.4 is 19.5 Å². The molecule has 0 aliphatic carbocycles. The Morgan fingerprint density at radius 1 is 1.14 bits per heavy atom. The number of benzene rings is 1. The van der Waals surface area contributed by atoms with Gasteiger partial charge < -0.3 is 24.3 Å². The molecule has 1 aromatic rings. The highest BCUT2D eigenvalue weighted by molar-refractivity contribution is 5.85. The molecule has 1 heterocycles. The Hall–Kier alpha value is -1.82. The zero-order valence-corrected chi connectivity index (χ0v) is 14.2. The van der Waals surface area contributed by atoms with Gasteiger partial charge in [0.2, 0.25) is 5.75 Å². The van der Waals surface area contributed by atoms with E-state index in [-0.39, 0.29) is 23.9 Å². The summed E-state index contributed by atoms with van der Waals surface area (Å²) in [6.07, 6.45) is -0.434. The van der Waals surface area contributed by atoms with Crippen molar-refractivity contribution in [2.75, 3.05) is 27.9 Å². The highest BCUT2D eigenvalue weighted by Crippen LogP contribution is 2.47. The van der Waals surface area contributed by atoms with E-state index in [0.717, 1.165) is 5.56 Å². The van der Waals surface area contributed by atoms with Crippen LogP contribution in [0.1, 0.15) is 25.5 Å². The molecule has 0 saturated carbocycles. The normalized spacial score (nSPS) is 19.3. The van der Waals surface area contributed by atoms with Crippen molar-refractivity contribution in [2.45, 2.75) is 19.9 Å². The smallest absolute Gasteiger partial charge is 0.407 e. The van der Waals surface area contributed by atoms with Crippen molar-refractivity contribution in [2.24, 2.45) is 5.41 Å². The Morgan fingerprint density at radius 2 is 1.77 bits per heavy atom. The highest BCUT2D eigenvalue weighted by atomic mass is 35.5. The molecular weight excluding hydrogens is 310 g/mol. The topological polar surface area (TPSA) is 66.0 Å². The predicted molar refractivity (Wildman–Crippen MR) is 84.4 cm³/mol. The molecule has 1 aliphatic heterocycles. The van der Waals surface area contributed by atoms with Crippen LogP contribution in [0.2, 0.25) is 0 Å². The van der Waals surface area contributed by atoms with Crippen LogP contribution in [0.5, 0.6) is 17.2 Å². The fourth-order valence-corrected chi connectivity index (χ4v) is 2.54. The van der Waals surface area contributed by atoms with E-state index >= 15 is 0 Å². The van der Waals surface area contributed by atoms with Gasteiger partial charge in [0.1, 0.15) is 6.61 Å². The Labute approximate surface area is 136 Å². The lowest BCUT2D eigenvalue weighted by molar-refractivity contribution is 0.0379. The summed E-state index contributed by atoms with van der Waals surface area (Å²) in [5, 5.41) is 2.85. The molecule has 0 spiro atoms. The number of nitrogens with one attached hydrogen (secondary N) is 1. The van der Waals surface area contributed by atoms with E-state index in [2.05, 4.69) is 5.32 Å². The van der Waals surface area contributed by atoms with E-state index in [1.807, 2.05) is 19.9 Å². The maximum atomic E-state index is 11.6. The number of rotatable bonds is 4. The van der Waals surface area contributed by atoms with Gasteiger partial charge in [0, 0.05) is 11.0 Å². The SMILES string of the molecule is COc1ccc([C@H]2NC(=O)OCC2(C)C)c(OC)c1OC.Cl. The van der Waals surface area contributed by atoms with Crippen LogP contribution in [-0.2, 0) is 4.74 Å². The number of halogens is 1. The number of carbonyl (C=O) groups excluding carboxylic acids is 1. The molecule has 1 aromatic carbocycles. The third-order valence-corrected chi connectivity index (χ3v) is 3.66. The van der Waals surface area contributed by atoms with Crippen LogP contribution in [0, 0.1) is 5.41 Å². The van der Waals surface area contributed by atoms with Crippen LogP contribution in [0.15, 0.2) is 12.1 Å². The first-order chi connectivity index (χ1) is 9.94. The first-order valence-corrected chi connectivity index (χ1v) is 6.66. The molecule has 0 unspecified atom stereocenters. The molecular formula is C15H22ClNO5. The lowest BCUT2D eigenvalue weighted by Crippen LogP contribution is -2.47. The second kappa shape index (κ2) is 6.96. The summed E-state index contributed by atoms with van der Waals surface area (Å²) in [6.45, 7) is 4.38. The molecule has 0 radical (unpaired) electrons. The van der Waals surface area contributed by atoms with Crippen molar-refractivity contribution >= 4 is 18.5 Å². The van der Waals surface area contributed by atoms with Gasteiger partial charge >= 0.3 is 6.09 Å². The molecule has 1 aliphatic rings. The lowest BCUT2D eigenvalue weighted by Gasteiger charge is -2.39. The summed E-state index contributed by atoms with van der Waals surface area (Å²) in [4.78, 5) is 11.6. The summed E-state index contributed by atoms with van der Waals surface area (Å²) in [6, 6.07) is 3.43. The van der Waals surface area contributed by atoms with E-state index in [1.54, 1.807) is 27.4 Å².